The molecule has 0 radical (unpaired) electrons. The van der Waals surface area contributed by atoms with Gasteiger partial charge in [-0.15, -0.1) is 23.7 Å². The maximum absolute atomic E-state index is 11.1. The second-order valence-electron chi connectivity index (χ2n) is 2.66. The summed E-state index contributed by atoms with van der Waals surface area (Å²) in [6.45, 7) is 0.704. The maximum Gasteiger partial charge on any atom is 0.236 e. The molecule has 0 aliphatic heterocycles. The van der Waals surface area contributed by atoms with Crippen LogP contribution in [0.15, 0.2) is 15.9 Å². The van der Waals surface area contributed by atoms with E-state index in [1.54, 1.807) is 23.3 Å². The number of nitrogens with zero attached hydrogens (tertiary/aromatic N) is 1. The van der Waals surface area contributed by atoms with Crippen LogP contribution in [0.1, 0.15) is 4.88 Å². The molecule has 0 fully saturated rings. The number of hydrogen-bond donors (Lipinski definition) is 1. The van der Waals surface area contributed by atoms with Gasteiger partial charge < -0.3 is 10.6 Å². The van der Waals surface area contributed by atoms with Crippen LogP contribution in [-0.2, 0) is 11.3 Å². The summed E-state index contributed by atoms with van der Waals surface area (Å²) in [6, 6.07) is 3.97. The van der Waals surface area contributed by atoms with Gasteiger partial charge in [-0.1, -0.05) is 0 Å². The molecule has 0 spiro atoms. The van der Waals surface area contributed by atoms with Gasteiger partial charge in [0.2, 0.25) is 5.91 Å². The highest BCUT2D eigenvalue weighted by Crippen LogP contribution is 2.22. The van der Waals surface area contributed by atoms with Crippen molar-refractivity contribution in [2.75, 3.05) is 13.6 Å². The first-order valence-electron chi connectivity index (χ1n) is 3.81. The van der Waals surface area contributed by atoms with E-state index in [1.165, 1.54) is 0 Å². The average molecular weight is 300 g/mol. The average Bonchev–Trinajstić information content (AvgIpc) is 2.49. The molecule has 1 aromatic rings. The quantitative estimate of drug-likeness (QED) is 0.926. The third-order valence-corrected chi connectivity index (χ3v) is 3.23. The molecule has 2 N–H and O–H groups in total. The molecule has 0 saturated carbocycles. The van der Waals surface area contributed by atoms with Crippen LogP contribution in [0.5, 0.6) is 0 Å². The van der Waals surface area contributed by atoms with Crippen molar-refractivity contribution in [3.8, 4) is 0 Å². The van der Waals surface area contributed by atoms with Gasteiger partial charge in [0.1, 0.15) is 0 Å². The molecule has 0 unspecified atom stereocenters. The number of halogens is 2. The molecule has 14 heavy (non-hydrogen) atoms. The SMILES string of the molecule is CN(Cc1ccc(Br)s1)C(=O)CN.Cl. The zero-order valence-corrected chi connectivity index (χ0v) is 10.9. The van der Waals surface area contributed by atoms with E-state index in [0.29, 0.717) is 6.54 Å². The Hall–Kier alpha value is -0.100. The summed E-state index contributed by atoms with van der Waals surface area (Å²) in [6.07, 6.45) is 0. The highest BCUT2D eigenvalue weighted by molar-refractivity contribution is 9.11. The van der Waals surface area contributed by atoms with Crippen LogP contribution in [0.4, 0.5) is 0 Å². The molecule has 1 aromatic heterocycles. The van der Waals surface area contributed by atoms with Gasteiger partial charge in [0.15, 0.2) is 0 Å². The Kier molecular flexibility index (Phi) is 6.35. The maximum atomic E-state index is 11.1. The Labute approximate surface area is 102 Å². The summed E-state index contributed by atoms with van der Waals surface area (Å²) in [5.74, 6) is -0.0375. The van der Waals surface area contributed by atoms with Crippen molar-refractivity contribution in [3.05, 3.63) is 20.8 Å². The predicted molar refractivity (Wildman–Crippen MR) is 64.8 cm³/mol. The number of thiophene rings is 1. The van der Waals surface area contributed by atoms with E-state index >= 15 is 0 Å². The normalized spacial score (nSPS) is 9.36. The molecule has 1 rings (SSSR count). The smallest absolute Gasteiger partial charge is 0.236 e. The first kappa shape index (κ1) is 13.9. The van der Waals surface area contributed by atoms with Crippen LogP contribution in [0.25, 0.3) is 0 Å². The molecule has 0 aliphatic carbocycles. The van der Waals surface area contributed by atoms with E-state index in [0.717, 1.165) is 8.66 Å². The van der Waals surface area contributed by atoms with Gasteiger partial charge in [0, 0.05) is 11.9 Å². The second-order valence-corrected chi connectivity index (χ2v) is 5.21. The zero-order valence-electron chi connectivity index (χ0n) is 7.70. The summed E-state index contributed by atoms with van der Waals surface area (Å²) >= 11 is 4.99. The molecule has 1 amide bonds. The van der Waals surface area contributed by atoms with Gasteiger partial charge >= 0.3 is 0 Å². The lowest BCUT2D eigenvalue weighted by Gasteiger charge is -2.14. The Morgan fingerprint density at radius 2 is 2.29 bits per heavy atom. The molecule has 0 bridgehead atoms. The topological polar surface area (TPSA) is 46.3 Å². The van der Waals surface area contributed by atoms with Gasteiger partial charge in [0.25, 0.3) is 0 Å². The van der Waals surface area contributed by atoms with E-state index < -0.39 is 0 Å². The summed E-state index contributed by atoms with van der Waals surface area (Å²) in [5, 5.41) is 0. The van der Waals surface area contributed by atoms with Crippen molar-refractivity contribution < 1.29 is 4.79 Å². The number of nitrogens with two attached hydrogens (primary N) is 1. The summed E-state index contributed by atoms with van der Waals surface area (Å²) in [5.41, 5.74) is 5.23. The first-order chi connectivity index (χ1) is 6.13. The number of rotatable bonds is 3. The molecule has 6 heteroatoms. The summed E-state index contributed by atoms with van der Waals surface area (Å²) < 4.78 is 1.08. The Morgan fingerprint density at radius 1 is 1.64 bits per heavy atom. The molecular formula is C8H12BrClN2OS. The van der Waals surface area contributed by atoms with Crippen LogP contribution >= 0.6 is 39.7 Å². The minimum Gasteiger partial charge on any atom is -0.340 e. The highest BCUT2D eigenvalue weighted by atomic mass is 79.9. The van der Waals surface area contributed by atoms with Gasteiger partial charge in [-0.3, -0.25) is 4.79 Å². The highest BCUT2D eigenvalue weighted by Gasteiger charge is 2.07. The zero-order chi connectivity index (χ0) is 9.84. The van der Waals surface area contributed by atoms with Crippen molar-refractivity contribution in [1.82, 2.24) is 4.90 Å². The lowest BCUT2D eigenvalue weighted by molar-refractivity contribution is -0.128. The number of amides is 1. The van der Waals surface area contributed by atoms with Crippen LogP contribution in [0, 0.1) is 0 Å². The molecule has 1 heterocycles. The standard InChI is InChI=1S/C8H11BrN2OS.ClH/c1-11(8(12)4-10)5-6-2-3-7(9)13-6;/h2-3H,4-5,10H2,1H3;1H. The van der Waals surface area contributed by atoms with Crippen molar-refractivity contribution in [3.63, 3.8) is 0 Å². The van der Waals surface area contributed by atoms with Gasteiger partial charge in [-0.25, -0.2) is 0 Å². The van der Waals surface area contributed by atoms with Crippen molar-refractivity contribution in [2.24, 2.45) is 5.73 Å². The molecule has 80 valence electrons. The Morgan fingerprint density at radius 3 is 2.71 bits per heavy atom. The molecule has 0 atom stereocenters. The van der Waals surface area contributed by atoms with Crippen LogP contribution in [0.2, 0.25) is 0 Å². The fourth-order valence-electron chi connectivity index (χ4n) is 0.914. The Bertz CT molecular complexity index is 305. The van der Waals surface area contributed by atoms with E-state index in [-0.39, 0.29) is 24.9 Å². The van der Waals surface area contributed by atoms with E-state index in [1.807, 2.05) is 12.1 Å². The number of carbonyl (C=O) groups is 1. The van der Waals surface area contributed by atoms with Gasteiger partial charge in [-0.05, 0) is 28.1 Å². The lowest BCUT2D eigenvalue weighted by atomic mass is 10.4. The van der Waals surface area contributed by atoms with Crippen molar-refractivity contribution >= 4 is 45.6 Å². The van der Waals surface area contributed by atoms with E-state index in [2.05, 4.69) is 15.9 Å². The molecular weight excluding hydrogens is 288 g/mol. The molecule has 0 aliphatic rings. The number of likely N-dealkylation sites (N-methyl/N-ethyl adjacent to an activating group) is 1. The van der Waals surface area contributed by atoms with Crippen LogP contribution in [-0.4, -0.2) is 24.4 Å². The summed E-state index contributed by atoms with van der Waals surface area (Å²) in [7, 11) is 1.75. The predicted octanol–water partition coefficient (Wildman–Crippen LogP) is 1.85. The van der Waals surface area contributed by atoms with E-state index in [4.69, 9.17) is 5.73 Å². The number of carbonyl (C=O) groups excluding carboxylic acids is 1. The minimum atomic E-state index is -0.0375. The lowest BCUT2D eigenvalue weighted by Crippen LogP contribution is -2.31. The van der Waals surface area contributed by atoms with Crippen LogP contribution in [0.3, 0.4) is 0 Å². The van der Waals surface area contributed by atoms with Gasteiger partial charge in [-0.2, -0.15) is 0 Å². The fraction of sp³-hybridized carbons (Fsp3) is 0.375. The van der Waals surface area contributed by atoms with E-state index in [9.17, 15) is 4.79 Å². The first-order valence-corrected chi connectivity index (χ1v) is 5.42. The fourth-order valence-corrected chi connectivity index (χ4v) is 2.45. The third kappa shape index (κ3) is 3.96. The largest absolute Gasteiger partial charge is 0.340 e. The van der Waals surface area contributed by atoms with Crippen molar-refractivity contribution in [1.29, 1.82) is 0 Å². The third-order valence-electron chi connectivity index (χ3n) is 1.62. The molecule has 0 aromatic carbocycles. The minimum absolute atomic E-state index is 0. The van der Waals surface area contributed by atoms with Gasteiger partial charge in [0.05, 0.1) is 16.9 Å². The molecule has 3 nitrogen and oxygen atoms in total. The summed E-state index contributed by atoms with van der Waals surface area (Å²) in [4.78, 5) is 13.9. The number of hydrogen-bond acceptors (Lipinski definition) is 3. The van der Waals surface area contributed by atoms with Crippen LogP contribution < -0.4 is 5.73 Å². The Balaban J connectivity index is 0.00000169. The monoisotopic (exact) mass is 298 g/mol. The molecule has 0 saturated heterocycles. The van der Waals surface area contributed by atoms with Crippen molar-refractivity contribution in [2.45, 2.75) is 6.54 Å². The second kappa shape index (κ2) is 6.40.